The molecule has 0 radical (unpaired) electrons. The average molecular weight is 502 g/mol. The highest BCUT2D eigenvalue weighted by Crippen LogP contribution is 2.41. The van der Waals surface area contributed by atoms with E-state index < -0.39 is 29.7 Å². The number of carbonyl (C=O) groups excluding carboxylic acids is 3. The van der Waals surface area contributed by atoms with Gasteiger partial charge in [-0.05, 0) is 30.7 Å². The molecule has 4 rings (SSSR count). The third-order valence-electron chi connectivity index (χ3n) is 6.23. The highest BCUT2D eigenvalue weighted by Gasteiger charge is 2.46. The molecular weight excluding hydrogens is 475 g/mol. The molecular formula is C25H26F3N5O3. The Morgan fingerprint density at radius 2 is 1.92 bits per heavy atom. The van der Waals surface area contributed by atoms with E-state index in [2.05, 4.69) is 15.6 Å². The van der Waals surface area contributed by atoms with Gasteiger partial charge in [0.1, 0.15) is 0 Å². The number of hydrogen-bond acceptors (Lipinski definition) is 4. The van der Waals surface area contributed by atoms with Crippen molar-refractivity contribution in [2.75, 3.05) is 26.2 Å². The SMILES string of the molecule is CCN1C(=O)N[C@@H](c2ccccc2C(F)(F)F)C2=C1CN(CCC(=O)NCCc1ccccn1)C2=O. The number of aromatic nitrogens is 1. The Bertz CT molecular complexity index is 1180. The summed E-state index contributed by atoms with van der Waals surface area (Å²) in [4.78, 5) is 45.3. The molecule has 2 aliphatic heterocycles. The summed E-state index contributed by atoms with van der Waals surface area (Å²) in [6, 6.07) is 8.61. The number of halogens is 3. The Hall–Kier alpha value is -3.89. The Kier molecular flexibility index (Phi) is 7.27. The molecule has 2 aromatic rings. The van der Waals surface area contributed by atoms with Crippen LogP contribution in [0.5, 0.6) is 0 Å². The number of nitrogens with zero attached hydrogens (tertiary/aromatic N) is 3. The number of carbonyl (C=O) groups is 3. The van der Waals surface area contributed by atoms with Crippen LogP contribution in [0.4, 0.5) is 18.0 Å². The molecule has 36 heavy (non-hydrogen) atoms. The zero-order chi connectivity index (χ0) is 25.9. The standard InChI is InChI=1S/C25H26F3N5O3/c1-2-33-19-15-32(14-11-20(34)30-13-10-16-7-5-6-12-29-16)23(35)21(19)22(31-24(33)36)17-8-3-4-9-18(17)25(26,27)28/h3-9,12,22H,2,10-11,13-15H2,1H3,(H,30,34)(H,31,36)/t22-/m0/s1. The lowest BCUT2D eigenvalue weighted by molar-refractivity contribution is -0.138. The first-order valence-electron chi connectivity index (χ1n) is 11.6. The molecule has 0 saturated heterocycles. The van der Waals surface area contributed by atoms with Gasteiger partial charge in [-0.15, -0.1) is 0 Å². The summed E-state index contributed by atoms with van der Waals surface area (Å²) in [5.41, 5.74) is 0.202. The van der Waals surface area contributed by atoms with Crippen LogP contribution in [0.3, 0.4) is 0 Å². The molecule has 0 unspecified atom stereocenters. The minimum absolute atomic E-state index is 0.0197. The van der Waals surface area contributed by atoms with Gasteiger partial charge in [-0.2, -0.15) is 13.2 Å². The third-order valence-corrected chi connectivity index (χ3v) is 6.23. The molecule has 0 aliphatic carbocycles. The number of benzene rings is 1. The summed E-state index contributed by atoms with van der Waals surface area (Å²) in [5, 5.41) is 5.36. The molecule has 8 nitrogen and oxygen atoms in total. The average Bonchev–Trinajstić information content (AvgIpc) is 3.18. The van der Waals surface area contributed by atoms with Crippen LogP contribution in [0.1, 0.15) is 36.2 Å². The summed E-state index contributed by atoms with van der Waals surface area (Å²) in [5.74, 6) is -0.754. The summed E-state index contributed by atoms with van der Waals surface area (Å²) in [6.07, 6.45) is -2.40. The maximum absolute atomic E-state index is 13.7. The van der Waals surface area contributed by atoms with Crippen molar-refractivity contribution in [1.82, 2.24) is 25.4 Å². The van der Waals surface area contributed by atoms with Crippen LogP contribution in [-0.4, -0.2) is 58.8 Å². The fourth-order valence-corrected chi connectivity index (χ4v) is 4.50. The lowest BCUT2D eigenvalue weighted by Crippen LogP contribution is -2.47. The minimum Gasteiger partial charge on any atom is -0.356 e. The summed E-state index contributed by atoms with van der Waals surface area (Å²) < 4.78 is 41.1. The normalized spacial score (nSPS) is 17.8. The van der Waals surface area contributed by atoms with Crippen LogP contribution in [-0.2, 0) is 22.2 Å². The molecule has 1 atom stereocenters. The van der Waals surface area contributed by atoms with Gasteiger partial charge < -0.3 is 15.5 Å². The molecule has 4 amide bonds. The van der Waals surface area contributed by atoms with Crippen molar-refractivity contribution in [2.45, 2.75) is 32.0 Å². The van der Waals surface area contributed by atoms with Crippen LogP contribution >= 0.6 is 0 Å². The van der Waals surface area contributed by atoms with Gasteiger partial charge in [0.2, 0.25) is 5.91 Å². The third kappa shape index (κ3) is 5.19. The van der Waals surface area contributed by atoms with Gasteiger partial charge in [-0.3, -0.25) is 19.5 Å². The first-order valence-corrected chi connectivity index (χ1v) is 11.6. The highest BCUT2D eigenvalue weighted by molar-refractivity contribution is 6.01. The van der Waals surface area contributed by atoms with E-state index in [-0.39, 0.29) is 43.1 Å². The molecule has 2 N–H and O–H groups in total. The van der Waals surface area contributed by atoms with Gasteiger partial charge in [-0.1, -0.05) is 24.3 Å². The maximum atomic E-state index is 13.7. The van der Waals surface area contributed by atoms with Crippen LogP contribution < -0.4 is 10.6 Å². The van der Waals surface area contributed by atoms with Gasteiger partial charge in [0.25, 0.3) is 5.91 Å². The van der Waals surface area contributed by atoms with Crippen LogP contribution in [0, 0.1) is 0 Å². The zero-order valence-corrected chi connectivity index (χ0v) is 19.6. The fourth-order valence-electron chi connectivity index (χ4n) is 4.50. The second kappa shape index (κ2) is 10.4. The Morgan fingerprint density at radius 1 is 1.17 bits per heavy atom. The summed E-state index contributed by atoms with van der Waals surface area (Å²) >= 11 is 0. The van der Waals surface area contributed by atoms with E-state index in [1.165, 1.54) is 28.0 Å². The molecule has 0 bridgehead atoms. The predicted octanol–water partition coefficient (Wildman–Crippen LogP) is 3.03. The molecule has 0 fully saturated rings. The number of alkyl halides is 3. The fraction of sp³-hybridized carbons (Fsp3) is 0.360. The number of amides is 4. The first kappa shape index (κ1) is 25.2. The second-order valence-corrected chi connectivity index (χ2v) is 8.47. The maximum Gasteiger partial charge on any atom is 0.416 e. The van der Waals surface area contributed by atoms with Crippen LogP contribution in [0.15, 0.2) is 59.9 Å². The van der Waals surface area contributed by atoms with E-state index >= 15 is 0 Å². The molecule has 190 valence electrons. The molecule has 1 aromatic carbocycles. The van der Waals surface area contributed by atoms with Crippen LogP contribution in [0.2, 0.25) is 0 Å². The summed E-state index contributed by atoms with van der Waals surface area (Å²) in [6.45, 7) is 2.46. The van der Waals surface area contributed by atoms with Crippen molar-refractivity contribution in [3.63, 3.8) is 0 Å². The van der Waals surface area contributed by atoms with Crippen molar-refractivity contribution >= 4 is 17.8 Å². The topological polar surface area (TPSA) is 94.6 Å². The van der Waals surface area contributed by atoms with E-state index in [1.54, 1.807) is 19.2 Å². The number of hydrogen-bond donors (Lipinski definition) is 2. The smallest absolute Gasteiger partial charge is 0.356 e. The molecule has 1 aromatic heterocycles. The predicted molar refractivity (Wildman–Crippen MR) is 124 cm³/mol. The van der Waals surface area contributed by atoms with Gasteiger partial charge >= 0.3 is 12.2 Å². The lowest BCUT2D eigenvalue weighted by Gasteiger charge is -2.33. The Labute approximate surface area is 206 Å². The number of urea groups is 1. The molecule has 3 heterocycles. The lowest BCUT2D eigenvalue weighted by atomic mass is 9.91. The van der Waals surface area contributed by atoms with Crippen molar-refractivity contribution in [3.8, 4) is 0 Å². The molecule has 2 aliphatic rings. The van der Waals surface area contributed by atoms with Gasteiger partial charge in [0.15, 0.2) is 0 Å². The largest absolute Gasteiger partial charge is 0.416 e. The minimum atomic E-state index is -4.65. The van der Waals surface area contributed by atoms with Gasteiger partial charge in [-0.25, -0.2) is 4.79 Å². The number of nitrogens with one attached hydrogen (secondary N) is 2. The zero-order valence-electron chi connectivity index (χ0n) is 19.6. The molecule has 0 spiro atoms. The van der Waals surface area contributed by atoms with E-state index in [1.807, 2.05) is 12.1 Å². The van der Waals surface area contributed by atoms with Gasteiger partial charge in [0.05, 0.1) is 29.4 Å². The van der Waals surface area contributed by atoms with Crippen LogP contribution in [0.25, 0.3) is 0 Å². The molecule has 11 heteroatoms. The van der Waals surface area contributed by atoms with E-state index in [0.29, 0.717) is 18.7 Å². The monoisotopic (exact) mass is 501 g/mol. The Morgan fingerprint density at radius 3 is 2.61 bits per heavy atom. The van der Waals surface area contributed by atoms with Crippen molar-refractivity contribution < 1.29 is 27.6 Å². The summed E-state index contributed by atoms with van der Waals surface area (Å²) in [7, 11) is 0. The highest BCUT2D eigenvalue weighted by atomic mass is 19.4. The van der Waals surface area contributed by atoms with E-state index in [0.717, 1.165) is 11.8 Å². The number of pyridine rings is 1. The first-order chi connectivity index (χ1) is 17.2. The van der Waals surface area contributed by atoms with Crippen molar-refractivity contribution in [2.24, 2.45) is 0 Å². The van der Waals surface area contributed by atoms with Crippen molar-refractivity contribution in [1.29, 1.82) is 0 Å². The quantitative estimate of drug-likeness (QED) is 0.582. The van der Waals surface area contributed by atoms with E-state index in [4.69, 9.17) is 0 Å². The number of rotatable bonds is 8. The van der Waals surface area contributed by atoms with Gasteiger partial charge in [0, 0.05) is 44.4 Å². The second-order valence-electron chi connectivity index (χ2n) is 8.47. The number of likely N-dealkylation sites (N-methyl/N-ethyl adjacent to an activating group) is 1. The molecule has 0 saturated carbocycles. The van der Waals surface area contributed by atoms with Crippen molar-refractivity contribution in [3.05, 3.63) is 76.8 Å². The van der Waals surface area contributed by atoms with E-state index in [9.17, 15) is 27.6 Å². The Balaban J connectivity index is 1.47.